The summed E-state index contributed by atoms with van der Waals surface area (Å²) >= 11 is 0. The molecule has 166 valence electrons. The van der Waals surface area contributed by atoms with Gasteiger partial charge in [-0.2, -0.15) is 0 Å². The summed E-state index contributed by atoms with van der Waals surface area (Å²) in [6, 6.07) is 10.9. The van der Waals surface area contributed by atoms with Gasteiger partial charge >= 0.3 is 5.97 Å². The predicted molar refractivity (Wildman–Crippen MR) is 120 cm³/mol. The molecule has 0 spiro atoms. The first kappa shape index (κ1) is 20.7. The number of amides is 1. The van der Waals surface area contributed by atoms with Crippen LogP contribution in [0.1, 0.15) is 55.0 Å². The van der Waals surface area contributed by atoms with Crippen molar-refractivity contribution < 1.29 is 23.3 Å². The second kappa shape index (κ2) is 7.44. The first-order valence-corrected chi connectivity index (χ1v) is 10.3. The molecule has 0 aliphatic carbocycles. The second-order valence-electron chi connectivity index (χ2n) is 8.09. The molecule has 4 aromatic rings. The third kappa shape index (κ3) is 3.14. The van der Waals surface area contributed by atoms with E-state index >= 15 is 0 Å². The minimum Gasteiger partial charge on any atom is -0.465 e. The van der Waals surface area contributed by atoms with Gasteiger partial charge in [0.05, 0.1) is 29.7 Å². The number of esters is 1. The van der Waals surface area contributed by atoms with Crippen molar-refractivity contribution in [3.63, 3.8) is 0 Å². The van der Waals surface area contributed by atoms with E-state index in [0.717, 1.165) is 11.1 Å². The van der Waals surface area contributed by atoms with Crippen molar-refractivity contribution >= 4 is 28.7 Å². The van der Waals surface area contributed by atoms with Gasteiger partial charge in [-0.05, 0) is 61.7 Å². The van der Waals surface area contributed by atoms with Crippen LogP contribution in [0.15, 0.2) is 56.2 Å². The lowest BCUT2D eigenvalue weighted by atomic mass is 9.96. The number of hydrogen-bond donors (Lipinski definition) is 0. The number of hydrogen-bond acceptors (Lipinski definition) is 7. The molecule has 2 aromatic carbocycles. The SMILES string of the molecule is COC(=O)c1ccc([C@@H]2c3c(oc4cc(C)c(C)cc4c3=O)C(=O)N2c2cc(C)on2)cc1. The zero-order valence-corrected chi connectivity index (χ0v) is 18.5. The number of benzene rings is 2. The number of aryl methyl sites for hydroxylation is 3. The fourth-order valence-corrected chi connectivity index (χ4v) is 4.17. The fraction of sp³-hybridized carbons (Fsp3) is 0.200. The molecule has 8 heteroatoms. The highest BCUT2D eigenvalue weighted by atomic mass is 16.5. The zero-order chi connectivity index (χ0) is 23.4. The lowest BCUT2D eigenvalue weighted by molar-refractivity contribution is 0.0600. The van der Waals surface area contributed by atoms with Gasteiger partial charge in [-0.3, -0.25) is 14.5 Å². The monoisotopic (exact) mass is 444 g/mol. The zero-order valence-electron chi connectivity index (χ0n) is 18.5. The van der Waals surface area contributed by atoms with E-state index in [1.54, 1.807) is 49.4 Å². The molecule has 1 aliphatic rings. The summed E-state index contributed by atoms with van der Waals surface area (Å²) in [5, 5.41) is 4.41. The molecule has 3 heterocycles. The molecular weight excluding hydrogens is 424 g/mol. The van der Waals surface area contributed by atoms with E-state index < -0.39 is 17.9 Å². The molecule has 2 aromatic heterocycles. The Labute approximate surface area is 188 Å². The van der Waals surface area contributed by atoms with Gasteiger partial charge in [0, 0.05) is 6.07 Å². The van der Waals surface area contributed by atoms with Crippen LogP contribution in [0.4, 0.5) is 5.82 Å². The maximum Gasteiger partial charge on any atom is 0.337 e. The molecule has 1 atom stereocenters. The molecule has 0 saturated carbocycles. The van der Waals surface area contributed by atoms with Crippen molar-refractivity contribution in [2.45, 2.75) is 26.8 Å². The van der Waals surface area contributed by atoms with Gasteiger partial charge in [0.2, 0.25) is 5.76 Å². The van der Waals surface area contributed by atoms with Crippen LogP contribution in [-0.4, -0.2) is 24.1 Å². The van der Waals surface area contributed by atoms with Crippen LogP contribution in [0.5, 0.6) is 0 Å². The Balaban J connectivity index is 1.77. The molecule has 0 unspecified atom stereocenters. The van der Waals surface area contributed by atoms with Crippen LogP contribution in [0, 0.1) is 20.8 Å². The summed E-state index contributed by atoms with van der Waals surface area (Å²) in [5.41, 5.74) is 3.16. The number of nitrogens with zero attached hydrogens (tertiary/aromatic N) is 2. The normalized spacial score (nSPS) is 15.2. The van der Waals surface area contributed by atoms with E-state index in [0.29, 0.717) is 27.9 Å². The molecule has 5 rings (SSSR count). The summed E-state index contributed by atoms with van der Waals surface area (Å²) in [6.07, 6.45) is 0. The number of rotatable bonds is 3. The van der Waals surface area contributed by atoms with Gasteiger partial charge in [-0.25, -0.2) is 4.79 Å². The first-order chi connectivity index (χ1) is 15.8. The fourth-order valence-electron chi connectivity index (χ4n) is 4.17. The molecule has 8 nitrogen and oxygen atoms in total. The predicted octanol–water partition coefficient (Wildman–Crippen LogP) is 4.24. The van der Waals surface area contributed by atoms with Crippen LogP contribution in [-0.2, 0) is 4.74 Å². The number of anilines is 1. The number of aromatic nitrogens is 1. The number of ether oxygens (including phenoxy) is 1. The van der Waals surface area contributed by atoms with Gasteiger partial charge in [0.1, 0.15) is 11.3 Å². The van der Waals surface area contributed by atoms with Crippen LogP contribution >= 0.6 is 0 Å². The van der Waals surface area contributed by atoms with Crippen molar-refractivity contribution in [1.29, 1.82) is 0 Å². The van der Waals surface area contributed by atoms with Crippen LogP contribution in [0.3, 0.4) is 0 Å². The smallest absolute Gasteiger partial charge is 0.337 e. The Morgan fingerprint density at radius 2 is 1.73 bits per heavy atom. The van der Waals surface area contributed by atoms with E-state index in [4.69, 9.17) is 13.7 Å². The molecule has 1 aliphatic heterocycles. The Hall–Kier alpha value is -4.20. The van der Waals surface area contributed by atoms with Gasteiger partial charge in [0.25, 0.3) is 5.91 Å². The number of carbonyl (C=O) groups excluding carboxylic acids is 2. The van der Waals surface area contributed by atoms with Gasteiger partial charge in [0.15, 0.2) is 11.2 Å². The molecule has 1 amide bonds. The van der Waals surface area contributed by atoms with Gasteiger partial charge < -0.3 is 13.7 Å². The maximum absolute atomic E-state index is 13.7. The Kier molecular flexibility index (Phi) is 4.67. The average molecular weight is 444 g/mol. The quantitative estimate of drug-likeness (QED) is 0.435. The Morgan fingerprint density at radius 1 is 1.03 bits per heavy atom. The molecule has 0 radical (unpaired) electrons. The third-order valence-corrected chi connectivity index (χ3v) is 6.00. The van der Waals surface area contributed by atoms with Crippen LogP contribution in [0.2, 0.25) is 0 Å². The van der Waals surface area contributed by atoms with Crippen molar-refractivity contribution in [1.82, 2.24) is 5.16 Å². The van der Waals surface area contributed by atoms with Gasteiger partial charge in [-0.15, -0.1) is 0 Å². The number of carbonyl (C=O) groups is 2. The summed E-state index contributed by atoms with van der Waals surface area (Å²) in [5.74, 6) is -0.216. The summed E-state index contributed by atoms with van der Waals surface area (Å²) in [4.78, 5) is 40.4. The van der Waals surface area contributed by atoms with Crippen molar-refractivity contribution in [2.24, 2.45) is 0 Å². The number of methoxy groups -OCH3 is 1. The largest absolute Gasteiger partial charge is 0.465 e. The summed E-state index contributed by atoms with van der Waals surface area (Å²) in [7, 11) is 1.30. The maximum atomic E-state index is 13.7. The van der Waals surface area contributed by atoms with E-state index in [2.05, 4.69) is 5.16 Å². The Bertz CT molecular complexity index is 1500. The van der Waals surface area contributed by atoms with Crippen LogP contribution < -0.4 is 10.3 Å². The number of fused-ring (bicyclic) bond motifs is 2. The molecule has 33 heavy (non-hydrogen) atoms. The minimum atomic E-state index is -0.800. The van der Waals surface area contributed by atoms with Crippen molar-refractivity contribution in [3.05, 3.63) is 92.0 Å². The third-order valence-electron chi connectivity index (χ3n) is 6.00. The first-order valence-electron chi connectivity index (χ1n) is 10.3. The lowest BCUT2D eigenvalue weighted by Crippen LogP contribution is -2.29. The van der Waals surface area contributed by atoms with Gasteiger partial charge in [-0.1, -0.05) is 17.3 Å². The van der Waals surface area contributed by atoms with Crippen molar-refractivity contribution in [2.75, 3.05) is 12.0 Å². The topological polar surface area (TPSA) is 103 Å². The highest BCUT2D eigenvalue weighted by molar-refractivity contribution is 6.10. The molecular formula is C25H20N2O6. The molecule has 0 fully saturated rings. The second-order valence-corrected chi connectivity index (χ2v) is 8.09. The van der Waals surface area contributed by atoms with E-state index in [9.17, 15) is 14.4 Å². The minimum absolute atomic E-state index is 0.0292. The van der Waals surface area contributed by atoms with E-state index in [1.807, 2.05) is 13.8 Å². The van der Waals surface area contributed by atoms with Crippen molar-refractivity contribution in [3.8, 4) is 0 Å². The average Bonchev–Trinajstić information content (AvgIpc) is 3.36. The molecule has 0 N–H and O–H groups in total. The highest BCUT2D eigenvalue weighted by Gasteiger charge is 2.45. The van der Waals surface area contributed by atoms with E-state index in [-0.39, 0.29) is 22.6 Å². The molecule has 0 bridgehead atoms. The summed E-state index contributed by atoms with van der Waals surface area (Å²) < 4.78 is 16.0. The molecule has 0 saturated heterocycles. The standard InChI is InChI=1S/C25H20N2O6/c1-12-9-17-18(10-13(12)2)32-23-20(22(17)28)21(15-5-7-16(8-6-15)25(30)31-4)27(24(23)29)19-11-14(3)33-26-19/h5-11,21H,1-4H3/t21-/m1/s1. The lowest BCUT2D eigenvalue weighted by Gasteiger charge is -2.22. The van der Waals surface area contributed by atoms with Crippen LogP contribution in [0.25, 0.3) is 11.0 Å². The summed E-state index contributed by atoms with van der Waals surface area (Å²) in [6.45, 7) is 5.55. The van der Waals surface area contributed by atoms with E-state index in [1.165, 1.54) is 12.0 Å². The highest BCUT2D eigenvalue weighted by Crippen LogP contribution is 2.41. The Morgan fingerprint density at radius 3 is 2.36 bits per heavy atom.